The van der Waals surface area contributed by atoms with Crippen LogP contribution in [0.25, 0.3) is 11.1 Å². The molecule has 0 spiro atoms. The minimum absolute atomic E-state index is 0.367. The summed E-state index contributed by atoms with van der Waals surface area (Å²) in [6, 6.07) is 19.0. The molecule has 1 heterocycles. The van der Waals surface area contributed by atoms with Gasteiger partial charge in [-0.05, 0) is 72.9 Å². The highest BCUT2D eigenvalue weighted by Crippen LogP contribution is 2.60. The molecule has 148 valence electrons. The summed E-state index contributed by atoms with van der Waals surface area (Å²) in [6.45, 7) is 6.45. The molecule has 28 heavy (non-hydrogen) atoms. The minimum atomic E-state index is 0.367. The van der Waals surface area contributed by atoms with Crippen LogP contribution in [0, 0.1) is 11.3 Å². The van der Waals surface area contributed by atoms with Crippen molar-refractivity contribution in [3.05, 3.63) is 59.7 Å². The Labute approximate surface area is 171 Å². The second kappa shape index (κ2) is 7.02. The summed E-state index contributed by atoms with van der Waals surface area (Å²) >= 11 is 0. The summed E-state index contributed by atoms with van der Waals surface area (Å²) in [4.78, 5) is 2.71. The zero-order valence-electron chi connectivity index (χ0n) is 17.8. The maximum Gasteiger partial charge on any atom is 0.0235 e. The first-order chi connectivity index (χ1) is 13.6. The predicted molar refractivity (Wildman–Crippen MR) is 119 cm³/mol. The van der Waals surface area contributed by atoms with Crippen molar-refractivity contribution >= 4 is 0 Å². The first kappa shape index (κ1) is 18.4. The quantitative estimate of drug-likeness (QED) is 0.569. The number of rotatable bonds is 3. The van der Waals surface area contributed by atoms with E-state index in [1.165, 1.54) is 56.2 Å². The zero-order chi connectivity index (χ0) is 19.3. The van der Waals surface area contributed by atoms with Crippen LogP contribution in [0.15, 0.2) is 48.5 Å². The van der Waals surface area contributed by atoms with Gasteiger partial charge in [-0.1, -0.05) is 75.2 Å². The van der Waals surface area contributed by atoms with E-state index in [2.05, 4.69) is 74.3 Å². The van der Waals surface area contributed by atoms with Crippen molar-refractivity contribution in [2.45, 2.75) is 70.3 Å². The number of hydrogen-bond acceptors (Lipinski definition) is 1. The number of nitrogens with zero attached hydrogens (tertiary/aromatic N) is 1. The van der Waals surface area contributed by atoms with Gasteiger partial charge in [0.25, 0.3) is 0 Å². The smallest absolute Gasteiger partial charge is 0.0235 e. The van der Waals surface area contributed by atoms with Gasteiger partial charge in [0.1, 0.15) is 0 Å². The van der Waals surface area contributed by atoms with Crippen LogP contribution >= 0.6 is 0 Å². The number of likely N-dealkylation sites (tertiary alicyclic amines) is 1. The van der Waals surface area contributed by atoms with E-state index in [1.807, 2.05) is 0 Å². The van der Waals surface area contributed by atoms with Gasteiger partial charge < -0.3 is 4.90 Å². The maximum absolute atomic E-state index is 2.71. The molecule has 1 nitrogen and oxygen atoms in total. The van der Waals surface area contributed by atoms with Crippen molar-refractivity contribution in [2.24, 2.45) is 11.3 Å². The fourth-order valence-corrected chi connectivity index (χ4v) is 7.08. The summed E-state index contributed by atoms with van der Waals surface area (Å²) in [5.41, 5.74) is 6.60. The number of benzene rings is 2. The van der Waals surface area contributed by atoms with Gasteiger partial charge in [-0.25, -0.2) is 0 Å². The molecule has 3 aliphatic rings. The molecular weight excluding hydrogens is 338 g/mol. The van der Waals surface area contributed by atoms with Gasteiger partial charge in [-0.3, -0.25) is 0 Å². The van der Waals surface area contributed by atoms with Crippen LogP contribution in [0.3, 0.4) is 0 Å². The van der Waals surface area contributed by atoms with Gasteiger partial charge in [0.15, 0.2) is 0 Å². The molecule has 2 aromatic carbocycles. The molecule has 0 N–H and O–H groups in total. The molecule has 2 fully saturated rings. The largest absolute Gasteiger partial charge is 0.302 e. The lowest BCUT2D eigenvalue weighted by Crippen LogP contribution is -2.47. The topological polar surface area (TPSA) is 3.24 Å². The number of likely N-dealkylation sites (N-methyl/N-ethyl adjacent to an activating group) is 1. The lowest BCUT2D eigenvalue weighted by molar-refractivity contribution is 0.0665. The molecule has 1 saturated carbocycles. The fourth-order valence-electron chi connectivity index (χ4n) is 7.08. The van der Waals surface area contributed by atoms with Crippen LogP contribution in [0.2, 0.25) is 0 Å². The lowest BCUT2D eigenvalue weighted by atomic mass is 9.64. The third-order valence-electron chi connectivity index (χ3n) is 8.43. The Hall–Kier alpha value is -1.60. The van der Waals surface area contributed by atoms with E-state index in [9.17, 15) is 0 Å². The molecule has 5 rings (SSSR count). The highest BCUT2D eigenvalue weighted by molar-refractivity contribution is 5.72. The third-order valence-corrected chi connectivity index (χ3v) is 8.43. The Morgan fingerprint density at radius 2 is 1.61 bits per heavy atom. The van der Waals surface area contributed by atoms with Crippen LogP contribution in [0.4, 0.5) is 0 Å². The average Bonchev–Trinajstić information content (AvgIpc) is 3.36. The highest BCUT2D eigenvalue weighted by atomic mass is 15.2. The average molecular weight is 374 g/mol. The number of hydrogen-bond donors (Lipinski definition) is 0. The van der Waals surface area contributed by atoms with E-state index in [0.29, 0.717) is 23.3 Å². The first-order valence-corrected chi connectivity index (χ1v) is 11.5. The van der Waals surface area contributed by atoms with Gasteiger partial charge in [0.05, 0.1) is 0 Å². The molecule has 1 heteroatoms. The lowest BCUT2D eigenvalue weighted by Gasteiger charge is -2.47. The van der Waals surface area contributed by atoms with E-state index in [0.717, 1.165) is 5.92 Å². The van der Waals surface area contributed by atoms with Gasteiger partial charge >= 0.3 is 0 Å². The first-order valence-electron chi connectivity index (χ1n) is 11.5. The molecule has 2 aromatic rings. The van der Waals surface area contributed by atoms with Crippen molar-refractivity contribution in [2.75, 3.05) is 13.6 Å². The van der Waals surface area contributed by atoms with Crippen LogP contribution in [-0.4, -0.2) is 24.5 Å². The summed E-state index contributed by atoms with van der Waals surface area (Å²) < 4.78 is 0. The third kappa shape index (κ3) is 2.77. The Kier molecular flexibility index (Phi) is 4.62. The zero-order valence-corrected chi connectivity index (χ0v) is 17.8. The number of fused-ring (bicyclic) bond motifs is 3. The second-order valence-corrected chi connectivity index (χ2v) is 10.2. The molecule has 3 unspecified atom stereocenters. The Bertz CT molecular complexity index is 831. The molecule has 1 saturated heterocycles. The summed E-state index contributed by atoms with van der Waals surface area (Å²) in [6.07, 6.45) is 8.40. The van der Waals surface area contributed by atoms with E-state index in [-0.39, 0.29) is 0 Å². The van der Waals surface area contributed by atoms with Crippen LogP contribution < -0.4 is 0 Å². The fraction of sp³-hybridized carbons (Fsp3) is 0.556. The van der Waals surface area contributed by atoms with E-state index in [4.69, 9.17) is 0 Å². The molecule has 1 aliphatic heterocycles. The SMILES string of the molecule is CN1CCCC2c3c(-c4ccccc4)cccc3C(C(C)(C)C3CCCC3)C21. The summed E-state index contributed by atoms with van der Waals surface area (Å²) in [5.74, 6) is 2.22. The van der Waals surface area contributed by atoms with Gasteiger partial charge in [0, 0.05) is 17.9 Å². The number of piperidine rings is 1. The molecule has 3 atom stereocenters. The van der Waals surface area contributed by atoms with Crippen LogP contribution in [0.1, 0.15) is 75.3 Å². The van der Waals surface area contributed by atoms with E-state index >= 15 is 0 Å². The minimum Gasteiger partial charge on any atom is -0.302 e. The van der Waals surface area contributed by atoms with Gasteiger partial charge in [-0.15, -0.1) is 0 Å². The van der Waals surface area contributed by atoms with Crippen molar-refractivity contribution in [1.82, 2.24) is 4.90 Å². The second-order valence-electron chi connectivity index (χ2n) is 10.2. The Balaban J connectivity index is 1.67. The van der Waals surface area contributed by atoms with Crippen molar-refractivity contribution in [3.8, 4) is 11.1 Å². The van der Waals surface area contributed by atoms with Gasteiger partial charge in [0.2, 0.25) is 0 Å². The van der Waals surface area contributed by atoms with Crippen LogP contribution in [-0.2, 0) is 0 Å². The normalized spacial score (nSPS) is 28.3. The molecule has 0 bridgehead atoms. The highest BCUT2D eigenvalue weighted by Gasteiger charge is 2.53. The predicted octanol–water partition coefficient (Wildman–Crippen LogP) is 6.85. The Morgan fingerprint density at radius 3 is 2.36 bits per heavy atom. The van der Waals surface area contributed by atoms with E-state index < -0.39 is 0 Å². The molecule has 0 aromatic heterocycles. The molecule has 2 aliphatic carbocycles. The standard InChI is InChI=1S/C27H35N/c1-27(2,20-13-7-8-14-20)25-22-16-9-15-21(19-11-5-4-6-12-19)24(22)23-17-10-18-28(3)26(23)25/h4-6,9,11-12,15-16,20,23,25-26H,7-8,10,13-14,17-18H2,1-3H3. The monoisotopic (exact) mass is 373 g/mol. The maximum atomic E-state index is 2.71. The van der Waals surface area contributed by atoms with E-state index in [1.54, 1.807) is 11.1 Å². The summed E-state index contributed by atoms with van der Waals surface area (Å²) in [5, 5.41) is 0. The van der Waals surface area contributed by atoms with Crippen molar-refractivity contribution in [3.63, 3.8) is 0 Å². The summed E-state index contributed by atoms with van der Waals surface area (Å²) in [7, 11) is 2.39. The molecule has 0 amide bonds. The molecular formula is C27H35N. The van der Waals surface area contributed by atoms with Crippen molar-refractivity contribution in [1.29, 1.82) is 0 Å². The Morgan fingerprint density at radius 1 is 0.857 bits per heavy atom. The molecule has 0 radical (unpaired) electrons. The van der Waals surface area contributed by atoms with Crippen LogP contribution in [0.5, 0.6) is 0 Å². The van der Waals surface area contributed by atoms with Crippen molar-refractivity contribution < 1.29 is 0 Å². The van der Waals surface area contributed by atoms with Gasteiger partial charge in [-0.2, -0.15) is 0 Å².